The van der Waals surface area contributed by atoms with Crippen molar-refractivity contribution in [1.29, 1.82) is 0 Å². The van der Waals surface area contributed by atoms with Gasteiger partial charge in [0.1, 0.15) is 0 Å². The Morgan fingerprint density at radius 1 is 1.24 bits per heavy atom. The standard InChI is InChI=1S/C13H18N2O5S/c1-3-9(8-12(16)17)14-13(18)15-10-4-6-11(7-5-10)21(2,19)20/h4-7,9H,3,8H2,1-2H3,(H,16,17)(H2,14,15,18). The first-order valence-electron chi connectivity index (χ1n) is 6.31. The fraction of sp³-hybridized carbons (Fsp3) is 0.385. The molecule has 1 atom stereocenters. The molecule has 2 amide bonds. The molecular weight excluding hydrogens is 296 g/mol. The average Bonchev–Trinajstić information content (AvgIpc) is 2.36. The highest BCUT2D eigenvalue weighted by Gasteiger charge is 2.14. The van der Waals surface area contributed by atoms with E-state index in [1.54, 1.807) is 6.92 Å². The van der Waals surface area contributed by atoms with E-state index in [9.17, 15) is 18.0 Å². The molecule has 0 saturated carbocycles. The van der Waals surface area contributed by atoms with Crippen LogP contribution < -0.4 is 10.6 Å². The van der Waals surface area contributed by atoms with Gasteiger partial charge in [0, 0.05) is 18.0 Å². The molecule has 3 N–H and O–H groups in total. The number of hydrogen-bond acceptors (Lipinski definition) is 4. The number of rotatable bonds is 6. The van der Waals surface area contributed by atoms with E-state index in [1.807, 2.05) is 0 Å². The third kappa shape index (κ3) is 5.82. The molecule has 0 aliphatic heterocycles. The first kappa shape index (κ1) is 17.0. The number of carbonyl (C=O) groups is 2. The summed E-state index contributed by atoms with van der Waals surface area (Å²) in [5.74, 6) is -0.986. The highest BCUT2D eigenvalue weighted by Crippen LogP contribution is 2.13. The van der Waals surface area contributed by atoms with E-state index in [2.05, 4.69) is 10.6 Å². The molecule has 0 bridgehead atoms. The van der Waals surface area contributed by atoms with Gasteiger partial charge in [-0.2, -0.15) is 0 Å². The molecule has 1 rings (SSSR count). The second-order valence-electron chi connectivity index (χ2n) is 4.60. The monoisotopic (exact) mass is 314 g/mol. The lowest BCUT2D eigenvalue weighted by Crippen LogP contribution is -2.38. The van der Waals surface area contributed by atoms with Gasteiger partial charge in [-0.3, -0.25) is 4.79 Å². The highest BCUT2D eigenvalue weighted by molar-refractivity contribution is 7.90. The van der Waals surface area contributed by atoms with E-state index < -0.39 is 27.9 Å². The Morgan fingerprint density at radius 3 is 2.24 bits per heavy atom. The molecule has 8 heteroatoms. The van der Waals surface area contributed by atoms with Crippen LogP contribution in [-0.2, 0) is 14.6 Å². The van der Waals surface area contributed by atoms with Crippen molar-refractivity contribution in [2.45, 2.75) is 30.7 Å². The second kappa shape index (κ2) is 7.07. The Labute approximate surface area is 123 Å². The van der Waals surface area contributed by atoms with Crippen LogP contribution in [0.25, 0.3) is 0 Å². The largest absolute Gasteiger partial charge is 0.481 e. The van der Waals surface area contributed by atoms with Gasteiger partial charge in [0.25, 0.3) is 0 Å². The predicted octanol–water partition coefficient (Wildman–Crippen LogP) is 1.46. The summed E-state index contributed by atoms with van der Waals surface area (Å²) in [4.78, 5) is 22.5. The van der Waals surface area contributed by atoms with Gasteiger partial charge in [-0.25, -0.2) is 13.2 Å². The maximum absolute atomic E-state index is 11.7. The number of anilines is 1. The lowest BCUT2D eigenvalue weighted by molar-refractivity contribution is -0.137. The molecule has 0 saturated heterocycles. The van der Waals surface area contributed by atoms with Crippen molar-refractivity contribution in [3.05, 3.63) is 24.3 Å². The van der Waals surface area contributed by atoms with Crippen molar-refractivity contribution >= 4 is 27.5 Å². The summed E-state index contributed by atoms with van der Waals surface area (Å²) in [7, 11) is -3.28. The number of benzene rings is 1. The van der Waals surface area contributed by atoms with Crippen LogP contribution in [0.3, 0.4) is 0 Å². The Hall–Kier alpha value is -2.09. The van der Waals surface area contributed by atoms with Gasteiger partial charge >= 0.3 is 12.0 Å². The molecule has 116 valence electrons. The molecule has 0 fully saturated rings. The number of sulfone groups is 1. The van der Waals surface area contributed by atoms with Gasteiger partial charge in [-0.15, -0.1) is 0 Å². The fourth-order valence-corrected chi connectivity index (χ4v) is 2.28. The van der Waals surface area contributed by atoms with E-state index in [1.165, 1.54) is 24.3 Å². The first-order valence-corrected chi connectivity index (χ1v) is 8.21. The number of aliphatic carboxylic acids is 1. The highest BCUT2D eigenvalue weighted by atomic mass is 32.2. The molecule has 21 heavy (non-hydrogen) atoms. The minimum atomic E-state index is -3.28. The Balaban J connectivity index is 2.64. The summed E-state index contributed by atoms with van der Waals surface area (Å²) < 4.78 is 22.6. The van der Waals surface area contributed by atoms with Gasteiger partial charge in [-0.1, -0.05) is 6.92 Å². The molecule has 0 heterocycles. The van der Waals surface area contributed by atoms with Crippen LogP contribution in [0.5, 0.6) is 0 Å². The Bertz CT molecular complexity index is 610. The van der Waals surface area contributed by atoms with Crippen molar-refractivity contribution in [2.75, 3.05) is 11.6 Å². The zero-order chi connectivity index (χ0) is 16.0. The van der Waals surface area contributed by atoms with Crippen molar-refractivity contribution < 1.29 is 23.1 Å². The zero-order valence-corrected chi connectivity index (χ0v) is 12.6. The predicted molar refractivity (Wildman–Crippen MR) is 78.0 cm³/mol. The maximum Gasteiger partial charge on any atom is 0.319 e. The molecule has 0 aliphatic rings. The van der Waals surface area contributed by atoms with Gasteiger partial charge < -0.3 is 15.7 Å². The third-order valence-electron chi connectivity index (χ3n) is 2.79. The number of amides is 2. The molecule has 0 aromatic heterocycles. The molecule has 0 spiro atoms. The normalized spacial score (nSPS) is 12.5. The van der Waals surface area contributed by atoms with Gasteiger partial charge in [0.05, 0.1) is 11.3 Å². The quantitative estimate of drug-likeness (QED) is 0.736. The van der Waals surface area contributed by atoms with Crippen LogP contribution in [0.4, 0.5) is 10.5 Å². The van der Waals surface area contributed by atoms with Crippen molar-refractivity contribution in [2.24, 2.45) is 0 Å². The van der Waals surface area contributed by atoms with Crippen LogP contribution in [0.2, 0.25) is 0 Å². The molecule has 1 unspecified atom stereocenters. The SMILES string of the molecule is CCC(CC(=O)O)NC(=O)Nc1ccc(S(C)(=O)=O)cc1. The second-order valence-corrected chi connectivity index (χ2v) is 6.61. The lowest BCUT2D eigenvalue weighted by atomic mass is 10.1. The topological polar surface area (TPSA) is 113 Å². The number of carboxylic acid groups (broad SMARTS) is 1. The van der Waals surface area contributed by atoms with E-state index in [4.69, 9.17) is 5.11 Å². The van der Waals surface area contributed by atoms with Crippen LogP contribution in [0.15, 0.2) is 29.2 Å². The summed E-state index contributed by atoms with van der Waals surface area (Å²) in [6.07, 6.45) is 1.43. The van der Waals surface area contributed by atoms with E-state index in [0.717, 1.165) is 6.26 Å². The van der Waals surface area contributed by atoms with Crippen molar-refractivity contribution in [3.63, 3.8) is 0 Å². The van der Waals surface area contributed by atoms with Gasteiger partial charge in [0.15, 0.2) is 9.84 Å². The zero-order valence-electron chi connectivity index (χ0n) is 11.8. The lowest BCUT2D eigenvalue weighted by Gasteiger charge is -2.15. The number of urea groups is 1. The van der Waals surface area contributed by atoms with Gasteiger partial charge in [-0.05, 0) is 30.7 Å². The number of hydrogen-bond donors (Lipinski definition) is 3. The molecule has 1 aromatic rings. The molecule has 0 aliphatic carbocycles. The summed E-state index contributed by atoms with van der Waals surface area (Å²) >= 11 is 0. The van der Waals surface area contributed by atoms with E-state index >= 15 is 0 Å². The third-order valence-corrected chi connectivity index (χ3v) is 3.92. The molecule has 0 radical (unpaired) electrons. The van der Waals surface area contributed by atoms with Crippen molar-refractivity contribution in [3.8, 4) is 0 Å². The van der Waals surface area contributed by atoms with E-state index in [0.29, 0.717) is 12.1 Å². The van der Waals surface area contributed by atoms with Crippen LogP contribution in [-0.4, -0.2) is 37.8 Å². The average molecular weight is 314 g/mol. The summed E-state index contributed by atoms with van der Waals surface area (Å²) in [5.41, 5.74) is 0.421. The van der Waals surface area contributed by atoms with Crippen LogP contribution in [0.1, 0.15) is 19.8 Å². The smallest absolute Gasteiger partial charge is 0.319 e. The Kier molecular flexibility index (Phi) is 5.71. The number of carboxylic acids is 1. The van der Waals surface area contributed by atoms with Crippen LogP contribution in [0, 0.1) is 0 Å². The first-order chi connectivity index (χ1) is 9.72. The molecule has 1 aromatic carbocycles. The minimum Gasteiger partial charge on any atom is -0.481 e. The summed E-state index contributed by atoms with van der Waals surface area (Å²) in [5, 5.41) is 13.8. The van der Waals surface area contributed by atoms with Crippen LogP contribution >= 0.6 is 0 Å². The fourth-order valence-electron chi connectivity index (χ4n) is 1.65. The van der Waals surface area contributed by atoms with Gasteiger partial charge in [0.2, 0.25) is 0 Å². The molecule has 7 nitrogen and oxygen atoms in total. The summed E-state index contributed by atoms with van der Waals surface area (Å²) in [6.45, 7) is 1.77. The molecular formula is C13H18N2O5S. The maximum atomic E-state index is 11.7. The number of carbonyl (C=O) groups excluding carboxylic acids is 1. The van der Waals surface area contributed by atoms with Crippen molar-refractivity contribution in [1.82, 2.24) is 5.32 Å². The Morgan fingerprint density at radius 2 is 1.81 bits per heavy atom. The van der Waals surface area contributed by atoms with E-state index in [-0.39, 0.29) is 11.3 Å². The summed E-state index contributed by atoms with van der Waals surface area (Å²) in [6, 6.07) is 4.72. The number of nitrogens with one attached hydrogen (secondary N) is 2. The minimum absolute atomic E-state index is 0.156.